The van der Waals surface area contributed by atoms with Crippen LogP contribution >= 0.6 is 11.6 Å². The number of halogens is 1. The molecule has 0 heterocycles. The predicted octanol–water partition coefficient (Wildman–Crippen LogP) is 1.74. The summed E-state index contributed by atoms with van der Waals surface area (Å²) in [5.74, 6) is 0. The summed E-state index contributed by atoms with van der Waals surface area (Å²) in [5.41, 5.74) is 4.05. The molecule has 0 aliphatic heterocycles. The van der Waals surface area contributed by atoms with E-state index < -0.39 is 21.2 Å². The lowest BCUT2D eigenvalue weighted by atomic mass is 10.2. The summed E-state index contributed by atoms with van der Waals surface area (Å²) >= 11 is 5.44. The molecule has 74 valence electrons. The van der Waals surface area contributed by atoms with Gasteiger partial charge in [-0.15, -0.1) is 0 Å². The van der Waals surface area contributed by atoms with Crippen LogP contribution in [-0.4, -0.2) is 9.85 Å². The zero-order valence-corrected chi connectivity index (χ0v) is 7.39. The first-order valence-electron chi connectivity index (χ1n) is 3.31. The zero-order chi connectivity index (χ0) is 10.9. The fourth-order valence-electron chi connectivity index (χ4n) is 0.866. The fraction of sp³-hybridized carbons (Fsp3) is 0. The average Bonchev–Trinajstić information content (AvgIpc) is 2.07. The van der Waals surface area contributed by atoms with Gasteiger partial charge in [-0.3, -0.25) is 20.2 Å². The zero-order valence-electron chi connectivity index (χ0n) is 6.64. The number of anilines is 1. The normalized spacial score (nSPS) is 9.79. The van der Waals surface area contributed by atoms with Crippen LogP contribution in [-0.2, 0) is 0 Å². The summed E-state index contributed by atoms with van der Waals surface area (Å²) in [7, 11) is 0. The van der Waals surface area contributed by atoms with Gasteiger partial charge in [0.15, 0.2) is 0 Å². The number of nitro groups is 2. The van der Waals surface area contributed by atoms with Crippen LogP contribution in [0.1, 0.15) is 0 Å². The van der Waals surface area contributed by atoms with Crippen LogP contribution in [0.4, 0.5) is 17.1 Å². The van der Waals surface area contributed by atoms with Gasteiger partial charge >= 0.3 is 0 Å². The van der Waals surface area contributed by atoms with Gasteiger partial charge in [0.1, 0.15) is 10.7 Å². The van der Waals surface area contributed by atoms with E-state index in [0.717, 1.165) is 12.1 Å². The van der Waals surface area contributed by atoms with E-state index in [2.05, 4.69) is 0 Å². The number of benzene rings is 1. The van der Waals surface area contributed by atoms with E-state index in [1.807, 2.05) is 0 Å². The van der Waals surface area contributed by atoms with E-state index in [1.54, 1.807) is 0 Å². The Balaban J connectivity index is 3.38. The average molecular weight is 218 g/mol. The molecule has 1 aromatic rings. The molecule has 0 atom stereocenters. The monoisotopic (exact) mass is 217 g/mol. The second kappa shape index (κ2) is 3.46. The van der Waals surface area contributed by atoms with Gasteiger partial charge < -0.3 is 5.73 Å². The van der Waals surface area contributed by atoms with Crippen molar-refractivity contribution in [2.45, 2.75) is 0 Å². The number of hydrogen-bond acceptors (Lipinski definition) is 5. The lowest BCUT2D eigenvalue weighted by Gasteiger charge is -1.98. The quantitative estimate of drug-likeness (QED) is 0.460. The second-order valence-corrected chi connectivity index (χ2v) is 2.78. The molecule has 0 aliphatic rings. The Labute approximate surface area is 82.4 Å². The van der Waals surface area contributed by atoms with Crippen molar-refractivity contribution < 1.29 is 9.85 Å². The van der Waals surface area contributed by atoms with E-state index in [4.69, 9.17) is 17.3 Å². The molecule has 14 heavy (non-hydrogen) atoms. The molecule has 0 bridgehead atoms. The maximum Gasteiger partial charge on any atom is 0.294 e. The van der Waals surface area contributed by atoms with Crippen molar-refractivity contribution in [3.63, 3.8) is 0 Å². The summed E-state index contributed by atoms with van der Waals surface area (Å²) in [5, 5.41) is 20.4. The van der Waals surface area contributed by atoms with Crippen molar-refractivity contribution in [3.05, 3.63) is 37.4 Å². The van der Waals surface area contributed by atoms with Gasteiger partial charge in [0.2, 0.25) is 0 Å². The highest BCUT2D eigenvalue weighted by Gasteiger charge is 2.20. The minimum Gasteiger partial charge on any atom is -0.393 e. The van der Waals surface area contributed by atoms with Crippen LogP contribution in [0, 0.1) is 20.2 Å². The molecule has 8 heteroatoms. The minimum atomic E-state index is -0.761. The Morgan fingerprint density at radius 3 is 2.07 bits per heavy atom. The standard InChI is InChI=1S/C6H4ClN3O4/c7-3-1-6(10(13)14)4(8)2-5(3)9(11)12/h1-2H,8H2. The van der Waals surface area contributed by atoms with Gasteiger partial charge in [-0.1, -0.05) is 11.6 Å². The molecule has 0 fully saturated rings. The van der Waals surface area contributed by atoms with Crippen LogP contribution < -0.4 is 5.73 Å². The summed E-state index contributed by atoms with van der Waals surface area (Å²) in [6.45, 7) is 0. The van der Waals surface area contributed by atoms with Crippen molar-refractivity contribution in [1.82, 2.24) is 0 Å². The smallest absolute Gasteiger partial charge is 0.294 e. The van der Waals surface area contributed by atoms with Crippen molar-refractivity contribution in [3.8, 4) is 0 Å². The highest BCUT2D eigenvalue weighted by molar-refractivity contribution is 6.33. The second-order valence-electron chi connectivity index (χ2n) is 2.38. The van der Waals surface area contributed by atoms with Gasteiger partial charge in [-0.05, 0) is 0 Å². The van der Waals surface area contributed by atoms with E-state index >= 15 is 0 Å². The number of nitro benzene ring substituents is 2. The molecule has 0 unspecified atom stereocenters. The third-order valence-corrected chi connectivity index (χ3v) is 1.79. The highest BCUT2D eigenvalue weighted by Crippen LogP contribution is 2.33. The van der Waals surface area contributed by atoms with Crippen molar-refractivity contribution >= 4 is 28.7 Å². The first-order chi connectivity index (χ1) is 6.43. The summed E-state index contributed by atoms with van der Waals surface area (Å²) in [6, 6.07) is 1.72. The van der Waals surface area contributed by atoms with Crippen LogP contribution in [0.25, 0.3) is 0 Å². The van der Waals surface area contributed by atoms with Crippen LogP contribution in [0.2, 0.25) is 5.02 Å². The first-order valence-corrected chi connectivity index (χ1v) is 3.69. The maximum absolute atomic E-state index is 10.4. The van der Waals surface area contributed by atoms with Gasteiger partial charge in [0, 0.05) is 12.1 Å². The number of nitrogen functional groups attached to an aromatic ring is 1. The molecule has 1 rings (SSSR count). The van der Waals surface area contributed by atoms with Crippen LogP contribution in [0.15, 0.2) is 12.1 Å². The highest BCUT2D eigenvalue weighted by atomic mass is 35.5. The molecule has 0 aliphatic carbocycles. The molecule has 0 aromatic heterocycles. The minimum absolute atomic E-state index is 0.286. The topological polar surface area (TPSA) is 112 Å². The molecule has 0 spiro atoms. The number of nitrogens with zero attached hydrogens (tertiary/aromatic N) is 2. The Morgan fingerprint density at radius 2 is 1.64 bits per heavy atom. The molecule has 0 saturated heterocycles. The third-order valence-electron chi connectivity index (χ3n) is 1.49. The van der Waals surface area contributed by atoms with Crippen molar-refractivity contribution in [1.29, 1.82) is 0 Å². The van der Waals surface area contributed by atoms with Crippen molar-refractivity contribution in [2.24, 2.45) is 0 Å². The lowest BCUT2D eigenvalue weighted by molar-refractivity contribution is -0.388. The number of rotatable bonds is 2. The van der Waals surface area contributed by atoms with Gasteiger partial charge in [-0.25, -0.2) is 0 Å². The predicted molar refractivity (Wildman–Crippen MR) is 49.2 cm³/mol. The molecule has 1 aromatic carbocycles. The van der Waals surface area contributed by atoms with E-state index in [1.165, 1.54) is 0 Å². The maximum atomic E-state index is 10.4. The van der Waals surface area contributed by atoms with E-state index in [0.29, 0.717) is 0 Å². The summed E-state index contributed by atoms with van der Waals surface area (Å²) in [4.78, 5) is 19.2. The lowest BCUT2D eigenvalue weighted by Crippen LogP contribution is -1.98. The fourth-order valence-corrected chi connectivity index (χ4v) is 1.09. The van der Waals surface area contributed by atoms with Gasteiger partial charge in [-0.2, -0.15) is 0 Å². The summed E-state index contributed by atoms with van der Waals surface area (Å²) in [6.07, 6.45) is 0. The van der Waals surface area contributed by atoms with Crippen LogP contribution in [0.3, 0.4) is 0 Å². The van der Waals surface area contributed by atoms with E-state index in [9.17, 15) is 20.2 Å². The largest absolute Gasteiger partial charge is 0.393 e. The molecule has 0 saturated carbocycles. The molecular weight excluding hydrogens is 214 g/mol. The van der Waals surface area contributed by atoms with Crippen LogP contribution in [0.5, 0.6) is 0 Å². The Kier molecular flexibility index (Phi) is 2.52. The Hall–Kier alpha value is -1.89. The molecule has 7 nitrogen and oxygen atoms in total. The summed E-state index contributed by atoms with van der Waals surface area (Å²) < 4.78 is 0. The molecule has 2 N–H and O–H groups in total. The molecule has 0 radical (unpaired) electrons. The Morgan fingerprint density at radius 1 is 1.14 bits per heavy atom. The van der Waals surface area contributed by atoms with Gasteiger partial charge in [0.25, 0.3) is 11.4 Å². The van der Waals surface area contributed by atoms with Gasteiger partial charge in [0.05, 0.1) is 9.85 Å². The van der Waals surface area contributed by atoms with E-state index in [-0.39, 0.29) is 10.7 Å². The Bertz CT molecular complexity index is 380. The molecule has 0 amide bonds. The van der Waals surface area contributed by atoms with Crippen molar-refractivity contribution in [2.75, 3.05) is 5.73 Å². The molecular formula is C6H4ClN3O4. The third kappa shape index (κ3) is 1.72. The SMILES string of the molecule is Nc1cc([N+](=O)[O-])c(Cl)cc1[N+](=O)[O-]. The first kappa shape index (κ1) is 10.2. The number of hydrogen-bond donors (Lipinski definition) is 1. The number of nitrogens with two attached hydrogens (primary N) is 1.